The lowest BCUT2D eigenvalue weighted by Gasteiger charge is -2.06. The lowest BCUT2D eigenvalue weighted by atomic mass is 10.1. The maximum absolute atomic E-state index is 13.4. The van der Waals surface area contributed by atoms with E-state index in [0.717, 1.165) is 5.56 Å². The predicted octanol–water partition coefficient (Wildman–Crippen LogP) is 3.11. The summed E-state index contributed by atoms with van der Waals surface area (Å²) >= 11 is 0. The van der Waals surface area contributed by atoms with Crippen molar-refractivity contribution < 1.29 is 9.18 Å². The molecule has 0 saturated carbocycles. The maximum Gasteiger partial charge on any atom is 0.251 e. The van der Waals surface area contributed by atoms with Crippen LogP contribution in [0.4, 0.5) is 4.39 Å². The Morgan fingerprint density at radius 2 is 1.79 bits per heavy atom. The van der Waals surface area contributed by atoms with E-state index in [4.69, 9.17) is 0 Å². The number of benzene rings is 2. The van der Waals surface area contributed by atoms with Gasteiger partial charge >= 0.3 is 0 Å². The Bertz CT molecular complexity index is 563. The highest BCUT2D eigenvalue weighted by Gasteiger charge is 2.05. The number of hydrogen-bond acceptors (Lipinski definition) is 1. The Hall–Kier alpha value is -2.16. The van der Waals surface area contributed by atoms with Gasteiger partial charge in [0.15, 0.2) is 0 Å². The highest BCUT2D eigenvalue weighted by Crippen LogP contribution is 2.07. The summed E-state index contributed by atoms with van der Waals surface area (Å²) in [7, 11) is 0. The van der Waals surface area contributed by atoms with E-state index >= 15 is 0 Å². The molecule has 0 fully saturated rings. The molecular formula is C16H16FNO. The van der Waals surface area contributed by atoms with Crippen molar-refractivity contribution in [3.8, 4) is 0 Å². The second kappa shape index (κ2) is 6.14. The molecule has 0 aliphatic rings. The van der Waals surface area contributed by atoms with Crippen LogP contribution < -0.4 is 5.32 Å². The first kappa shape index (κ1) is 13.3. The summed E-state index contributed by atoms with van der Waals surface area (Å²) in [6.45, 7) is 2.40. The highest BCUT2D eigenvalue weighted by molar-refractivity contribution is 5.94. The Morgan fingerprint density at radius 3 is 2.47 bits per heavy atom. The van der Waals surface area contributed by atoms with Crippen LogP contribution in [-0.4, -0.2) is 12.5 Å². The van der Waals surface area contributed by atoms with Crippen LogP contribution in [0.1, 0.15) is 21.5 Å². The second-order valence-electron chi connectivity index (χ2n) is 4.46. The van der Waals surface area contributed by atoms with Crippen molar-refractivity contribution in [1.29, 1.82) is 0 Å². The molecule has 0 saturated heterocycles. The van der Waals surface area contributed by atoms with Gasteiger partial charge in [-0.3, -0.25) is 4.79 Å². The predicted molar refractivity (Wildman–Crippen MR) is 73.6 cm³/mol. The summed E-state index contributed by atoms with van der Waals surface area (Å²) in [4.78, 5) is 11.8. The average Bonchev–Trinajstić information content (AvgIpc) is 2.41. The van der Waals surface area contributed by atoms with E-state index < -0.39 is 0 Å². The molecule has 0 heterocycles. The standard InChI is InChI=1S/C16H16FNO/c1-12-6-8-14(9-7-12)16(19)18-11-10-13-4-2-3-5-15(13)17/h2-9H,10-11H2,1H3,(H,18,19). The van der Waals surface area contributed by atoms with Crippen molar-refractivity contribution in [1.82, 2.24) is 5.32 Å². The van der Waals surface area contributed by atoms with E-state index in [-0.39, 0.29) is 11.7 Å². The van der Waals surface area contributed by atoms with Gasteiger partial charge in [-0.15, -0.1) is 0 Å². The monoisotopic (exact) mass is 257 g/mol. The molecule has 2 aromatic carbocycles. The van der Waals surface area contributed by atoms with E-state index in [2.05, 4.69) is 5.32 Å². The second-order valence-corrected chi connectivity index (χ2v) is 4.46. The van der Waals surface area contributed by atoms with Gasteiger partial charge in [0.25, 0.3) is 5.91 Å². The Kier molecular flexibility index (Phi) is 4.29. The van der Waals surface area contributed by atoms with Gasteiger partial charge in [0.05, 0.1) is 0 Å². The average molecular weight is 257 g/mol. The third-order valence-corrected chi connectivity index (χ3v) is 2.95. The van der Waals surface area contributed by atoms with Crippen molar-refractivity contribution in [3.05, 3.63) is 71.0 Å². The molecule has 0 bridgehead atoms. The summed E-state index contributed by atoms with van der Waals surface area (Å²) in [6, 6.07) is 14.0. The SMILES string of the molecule is Cc1ccc(C(=O)NCCc2ccccc2F)cc1. The lowest BCUT2D eigenvalue weighted by Crippen LogP contribution is -2.25. The molecule has 0 aliphatic carbocycles. The zero-order valence-electron chi connectivity index (χ0n) is 10.8. The summed E-state index contributed by atoms with van der Waals surface area (Å²) in [5.74, 6) is -0.358. The fourth-order valence-electron chi connectivity index (χ4n) is 1.82. The van der Waals surface area contributed by atoms with Crippen LogP contribution in [0.25, 0.3) is 0 Å². The number of nitrogens with one attached hydrogen (secondary N) is 1. The lowest BCUT2D eigenvalue weighted by molar-refractivity contribution is 0.0954. The molecule has 19 heavy (non-hydrogen) atoms. The Morgan fingerprint density at radius 1 is 1.11 bits per heavy atom. The molecular weight excluding hydrogens is 241 g/mol. The van der Waals surface area contributed by atoms with Crippen molar-refractivity contribution >= 4 is 5.91 Å². The fourth-order valence-corrected chi connectivity index (χ4v) is 1.82. The zero-order chi connectivity index (χ0) is 13.7. The largest absolute Gasteiger partial charge is 0.352 e. The maximum atomic E-state index is 13.4. The van der Waals surface area contributed by atoms with Crippen LogP contribution in [0, 0.1) is 12.7 Å². The van der Waals surface area contributed by atoms with E-state index in [1.54, 1.807) is 30.3 Å². The molecule has 0 radical (unpaired) electrons. The smallest absolute Gasteiger partial charge is 0.251 e. The summed E-state index contributed by atoms with van der Waals surface area (Å²) in [6.07, 6.45) is 0.490. The quantitative estimate of drug-likeness (QED) is 0.896. The number of carbonyl (C=O) groups is 1. The molecule has 98 valence electrons. The van der Waals surface area contributed by atoms with Crippen LogP contribution in [0.3, 0.4) is 0 Å². The van der Waals surface area contributed by atoms with E-state index in [1.807, 2.05) is 19.1 Å². The number of amides is 1. The molecule has 0 atom stereocenters. The van der Waals surface area contributed by atoms with Gasteiger partial charge in [-0.1, -0.05) is 35.9 Å². The van der Waals surface area contributed by atoms with Crippen LogP contribution in [0.2, 0.25) is 0 Å². The van der Waals surface area contributed by atoms with Crippen molar-refractivity contribution in [3.63, 3.8) is 0 Å². The van der Waals surface area contributed by atoms with Gasteiger partial charge in [-0.05, 0) is 37.1 Å². The summed E-state index contributed by atoms with van der Waals surface area (Å²) in [5, 5.41) is 2.79. The molecule has 2 aromatic rings. The number of hydrogen-bond donors (Lipinski definition) is 1. The van der Waals surface area contributed by atoms with Crippen LogP contribution in [-0.2, 0) is 6.42 Å². The molecule has 2 rings (SSSR count). The number of halogens is 1. The fraction of sp³-hybridized carbons (Fsp3) is 0.188. The van der Waals surface area contributed by atoms with E-state index in [0.29, 0.717) is 24.1 Å². The van der Waals surface area contributed by atoms with Gasteiger partial charge in [-0.25, -0.2) is 4.39 Å². The van der Waals surface area contributed by atoms with E-state index in [1.165, 1.54) is 6.07 Å². The number of rotatable bonds is 4. The normalized spacial score (nSPS) is 10.2. The minimum Gasteiger partial charge on any atom is -0.352 e. The molecule has 0 aromatic heterocycles. The first-order chi connectivity index (χ1) is 9.16. The first-order valence-corrected chi connectivity index (χ1v) is 6.25. The van der Waals surface area contributed by atoms with Gasteiger partial charge in [0, 0.05) is 12.1 Å². The molecule has 0 spiro atoms. The van der Waals surface area contributed by atoms with Gasteiger partial charge < -0.3 is 5.32 Å². The van der Waals surface area contributed by atoms with Crippen LogP contribution >= 0.6 is 0 Å². The molecule has 1 N–H and O–H groups in total. The topological polar surface area (TPSA) is 29.1 Å². The molecule has 1 amide bonds. The third-order valence-electron chi connectivity index (χ3n) is 2.95. The molecule has 3 heteroatoms. The van der Waals surface area contributed by atoms with Gasteiger partial charge in [0.2, 0.25) is 0 Å². The first-order valence-electron chi connectivity index (χ1n) is 6.25. The minimum atomic E-state index is -0.230. The molecule has 0 aliphatic heterocycles. The van der Waals surface area contributed by atoms with E-state index in [9.17, 15) is 9.18 Å². The van der Waals surface area contributed by atoms with Crippen molar-refractivity contribution in [2.75, 3.05) is 6.54 Å². The Balaban J connectivity index is 1.88. The molecule has 2 nitrogen and oxygen atoms in total. The zero-order valence-corrected chi connectivity index (χ0v) is 10.8. The number of carbonyl (C=O) groups excluding carboxylic acids is 1. The van der Waals surface area contributed by atoms with Crippen molar-refractivity contribution in [2.24, 2.45) is 0 Å². The Labute approximate surface area is 112 Å². The van der Waals surface area contributed by atoms with Gasteiger partial charge in [0.1, 0.15) is 5.82 Å². The minimum absolute atomic E-state index is 0.128. The summed E-state index contributed by atoms with van der Waals surface area (Å²) in [5.41, 5.74) is 2.36. The summed E-state index contributed by atoms with van der Waals surface area (Å²) < 4.78 is 13.4. The third kappa shape index (κ3) is 3.65. The van der Waals surface area contributed by atoms with Crippen molar-refractivity contribution in [2.45, 2.75) is 13.3 Å². The molecule has 0 unspecified atom stereocenters. The van der Waals surface area contributed by atoms with Crippen LogP contribution in [0.5, 0.6) is 0 Å². The van der Waals surface area contributed by atoms with Gasteiger partial charge in [-0.2, -0.15) is 0 Å². The number of aryl methyl sites for hydroxylation is 1. The van der Waals surface area contributed by atoms with Crippen LogP contribution in [0.15, 0.2) is 48.5 Å². The highest BCUT2D eigenvalue weighted by atomic mass is 19.1.